The molecule has 0 aromatic heterocycles. The van der Waals surface area contributed by atoms with Crippen molar-refractivity contribution in [1.29, 1.82) is 0 Å². The molecule has 0 atom stereocenters. The number of nitrogens with one attached hydrogen (secondary N) is 1. The number of hydrogen-bond acceptors (Lipinski definition) is 5. The lowest BCUT2D eigenvalue weighted by Crippen LogP contribution is -2.39. The molecule has 0 fully saturated rings. The Balaban J connectivity index is 1.83. The summed E-state index contributed by atoms with van der Waals surface area (Å²) in [6, 6.07) is 15.3. The van der Waals surface area contributed by atoms with Gasteiger partial charge in [0.2, 0.25) is 10.0 Å². The van der Waals surface area contributed by atoms with Gasteiger partial charge >= 0.3 is 0 Å². The molecular weight excluding hydrogens is 473 g/mol. The molecule has 0 aliphatic heterocycles. The van der Waals surface area contributed by atoms with Gasteiger partial charge in [-0.2, -0.15) is 0 Å². The minimum absolute atomic E-state index is 0.0757. The summed E-state index contributed by atoms with van der Waals surface area (Å²) >= 11 is 5.74. The van der Waals surface area contributed by atoms with E-state index in [0.717, 1.165) is 23.8 Å². The molecule has 3 aromatic carbocycles. The van der Waals surface area contributed by atoms with Crippen LogP contribution in [0.25, 0.3) is 0 Å². The van der Waals surface area contributed by atoms with E-state index in [9.17, 15) is 27.7 Å². The van der Waals surface area contributed by atoms with E-state index in [1.165, 1.54) is 29.2 Å². The molecule has 0 spiro atoms. The molecule has 0 saturated carbocycles. The monoisotopic (exact) mass is 491 g/mol. The average molecular weight is 492 g/mol. The third-order valence-electron chi connectivity index (χ3n) is 4.81. The van der Waals surface area contributed by atoms with Crippen LogP contribution in [0.15, 0.2) is 71.6 Å². The van der Waals surface area contributed by atoms with Gasteiger partial charge in [-0.05, 0) is 55.0 Å². The van der Waals surface area contributed by atoms with Crippen LogP contribution in [0.5, 0.6) is 0 Å². The van der Waals surface area contributed by atoms with Crippen LogP contribution in [0.3, 0.4) is 0 Å². The Bertz CT molecular complexity index is 1300. The van der Waals surface area contributed by atoms with E-state index in [2.05, 4.69) is 4.72 Å². The summed E-state index contributed by atoms with van der Waals surface area (Å²) in [7, 11) is -4.13. The van der Waals surface area contributed by atoms with Gasteiger partial charge in [-0.1, -0.05) is 29.8 Å². The van der Waals surface area contributed by atoms with Crippen LogP contribution in [-0.4, -0.2) is 32.3 Å². The maximum absolute atomic E-state index is 13.4. The van der Waals surface area contributed by atoms with Crippen molar-refractivity contribution in [2.45, 2.75) is 11.8 Å². The fourth-order valence-electron chi connectivity index (χ4n) is 3.10. The van der Waals surface area contributed by atoms with Crippen LogP contribution in [0.1, 0.15) is 15.9 Å². The number of carbonyl (C=O) groups excluding carboxylic acids is 1. The van der Waals surface area contributed by atoms with Crippen molar-refractivity contribution in [3.63, 3.8) is 0 Å². The quantitative estimate of drug-likeness (QED) is 0.372. The second-order valence-electron chi connectivity index (χ2n) is 7.02. The Morgan fingerprint density at radius 2 is 1.79 bits per heavy atom. The Morgan fingerprint density at radius 3 is 2.42 bits per heavy atom. The van der Waals surface area contributed by atoms with Gasteiger partial charge in [-0.15, -0.1) is 0 Å². The number of amides is 1. The number of sulfonamides is 1. The zero-order valence-corrected chi connectivity index (χ0v) is 18.9. The predicted octanol–water partition coefficient (Wildman–Crippen LogP) is 4.32. The Morgan fingerprint density at radius 1 is 1.12 bits per heavy atom. The Labute approximate surface area is 194 Å². The first-order chi connectivity index (χ1) is 15.6. The van der Waals surface area contributed by atoms with Gasteiger partial charge < -0.3 is 4.90 Å². The van der Waals surface area contributed by atoms with Gasteiger partial charge in [0, 0.05) is 30.4 Å². The van der Waals surface area contributed by atoms with Crippen molar-refractivity contribution in [2.75, 3.05) is 18.0 Å². The topological polar surface area (TPSA) is 110 Å². The van der Waals surface area contributed by atoms with Crippen LogP contribution in [0.4, 0.5) is 15.8 Å². The molecule has 0 bridgehead atoms. The molecule has 1 N–H and O–H groups in total. The average Bonchev–Trinajstić information content (AvgIpc) is 2.77. The number of nitrogens with zero attached hydrogens (tertiary/aromatic N) is 2. The molecule has 0 aliphatic rings. The Kier molecular flexibility index (Phi) is 7.42. The Hall–Kier alpha value is -3.34. The highest BCUT2D eigenvalue weighted by Gasteiger charge is 2.23. The smallest absolute Gasteiger partial charge is 0.289 e. The summed E-state index contributed by atoms with van der Waals surface area (Å²) < 4.78 is 41.0. The van der Waals surface area contributed by atoms with E-state index in [1.54, 1.807) is 31.2 Å². The second kappa shape index (κ2) is 10.1. The van der Waals surface area contributed by atoms with E-state index < -0.39 is 26.5 Å². The lowest BCUT2D eigenvalue weighted by molar-refractivity contribution is -0.384. The first kappa shape index (κ1) is 24.3. The molecule has 11 heteroatoms. The first-order valence-electron chi connectivity index (χ1n) is 9.67. The van der Waals surface area contributed by atoms with Crippen molar-refractivity contribution in [3.8, 4) is 0 Å². The van der Waals surface area contributed by atoms with Crippen molar-refractivity contribution < 1.29 is 22.5 Å². The molecule has 3 rings (SSSR count). The highest BCUT2D eigenvalue weighted by atomic mass is 35.5. The third kappa shape index (κ3) is 5.72. The van der Waals surface area contributed by atoms with Crippen molar-refractivity contribution in [2.24, 2.45) is 0 Å². The molecule has 0 unspecified atom stereocenters. The van der Waals surface area contributed by atoms with Gasteiger partial charge in [0.25, 0.3) is 11.6 Å². The lowest BCUT2D eigenvalue weighted by atomic mass is 10.1. The number of aryl methyl sites for hydroxylation is 1. The van der Waals surface area contributed by atoms with E-state index in [1.807, 2.05) is 0 Å². The highest BCUT2D eigenvalue weighted by Crippen LogP contribution is 2.27. The largest absolute Gasteiger partial charge is 0.307 e. The third-order valence-corrected chi connectivity index (χ3v) is 6.59. The molecule has 0 aliphatic carbocycles. The number of rotatable bonds is 8. The number of halogens is 2. The standard InChI is InChI=1S/C22H19ClFN3O5S/c1-15-4-2-3-5-19(15)22(28)26(17-8-6-16(24)7-9-17)13-12-25-33(31,32)18-10-11-20(23)21(14-18)27(29)30/h2-11,14,25H,12-13H2,1H3. The summed E-state index contributed by atoms with van der Waals surface area (Å²) in [5.74, 6) is -0.867. The number of hydrogen-bond donors (Lipinski definition) is 1. The van der Waals surface area contributed by atoms with E-state index in [4.69, 9.17) is 11.6 Å². The highest BCUT2D eigenvalue weighted by molar-refractivity contribution is 7.89. The minimum atomic E-state index is -4.13. The lowest BCUT2D eigenvalue weighted by Gasteiger charge is -2.24. The molecule has 3 aromatic rings. The minimum Gasteiger partial charge on any atom is -0.307 e. The summed E-state index contributed by atoms with van der Waals surface area (Å²) in [5, 5.41) is 10.9. The second-order valence-corrected chi connectivity index (χ2v) is 9.19. The molecule has 172 valence electrons. The maximum atomic E-state index is 13.4. The fraction of sp³-hybridized carbons (Fsp3) is 0.136. The van der Waals surface area contributed by atoms with Crippen molar-refractivity contribution in [3.05, 3.63) is 98.8 Å². The van der Waals surface area contributed by atoms with Crippen LogP contribution >= 0.6 is 11.6 Å². The zero-order chi connectivity index (χ0) is 24.2. The normalized spacial score (nSPS) is 11.2. The fourth-order valence-corrected chi connectivity index (χ4v) is 4.33. The van der Waals surface area contributed by atoms with Crippen molar-refractivity contribution >= 4 is 38.9 Å². The summed E-state index contributed by atoms with van der Waals surface area (Å²) in [4.78, 5) is 24.5. The zero-order valence-electron chi connectivity index (χ0n) is 17.4. The first-order valence-corrected chi connectivity index (χ1v) is 11.5. The van der Waals surface area contributed by atoms with Crippen LogP contribution in [0.2, 0.25) is 5.02 Å². The number of nitro groups is 1. The number of carbonyl (C=O) groups is 1. The number of nitro benzene ring substituents is 1. The van der Waals surface area contributed by atoms with E-state index in [-0.39, 0.29) is 28.9 Å². The summed E-state index contributed by atoms with van der Waals surface area (Å²) in [6.45, 7) is 1.49. The molecule has 8 nitrogen and oxygen atoms in total. The summed E-state index contributed by atoms with van der Waals surface area (Å²) in [5.41, 5.74) is 0.981. The van der Waals surface area contributed by atoms with Crippen LogP contribution < -0.4 is 9.62 Å². The summed E-state index contributed by atoms with van der Waals surface area (Å²) in [6.07, 6.45) is 0. The van der Waals surface area contributed by atoms with Crippen molar-refractivity contribution in [1.82, 2.24) is 4.72 Å². The van der Waals surface area contributed by atoms with E-state index in [0.29, 0.717) is 11.3 Å². The van der Waals surface area contributed by atoms with Gasteiger partial charge in [-0.3, -0.25) is 14.9 Å². The van der Waals surface area contributed by atoms with Crippen LogP contribution in [0, 0.1) is 22.9 Å². The molecule has 0 heterocycles. The molecule has 0 saturated heterocycles. The molecule has 33 heavy (non-hydrogen) atoms. The van der Waals surface area contributed by atoms with Gasteiger partial charge in [0.05, 0.1) is 9.82 Å². The molecule has 1 amide bonds. The maximum Gasteiger partial charge on any atom is 0.289 e. The predicted molar refractivity (Wildman–Crippen MR) is 123 cm³/mol. The van der Waals surface area contributed by atoms with E-state index >= 15 is 0 Å². The number of anilines is 1. The van der Waals surface area contributed by atoms with Gasteiger partial charge in [0.1, 0.15) is 10.8 Å². The van der Waals surface area contributed by atoms with Gasteiger partial charge in [-0.25, -0.2) is 17.5 Å². The van der Waals surface area contributed by atoms with Gasteiger partial charge in [0.15, 0.2) is 0 Å². The molecular formula is C22H19ClFN3O5S. The number of benzene rings is 3. The SMILES string of the molecule is Cc1ccccc1C(=O)N(CCNS(=O)(=O)c1ccc(Cl)c([N+](=O)[O-])c1)c1ccc(F)cc1. The molecule has 0 radical (unpaired) electrons. The van der Waals surface area contributed by atoms with Crippen LogP contribution in [-0.2, 0) is 10.0 Å².